The summed E-state index contributed by atoms with van der Waals surface area (Å²) < 4.78 is 52.9. The molecular weight excluding hydrogens is 410 g/mol. The molecule has 0 saturated carbocycles. The number of hydrogen-bond donors (Lipinski definition) is 3. The highest BCUT2D eigenvalue weighted by Gasteiger charge is 2.28. The lowest BCUT2D eigenvalue weighted by molar-refractivity contribution is 0.565. The van der Waals surface area contributed by atoms with Gasteiger partial charge in [-0.1, -0.05) is 12.1 Å². The number of hydrogen-bond acceptors (Lipinski definition) is 5. The minimum Gasteiger partial charge on any atom is -0.381 e. The fourth-order valence-electron chi connectivity index (χ4n) is 2.33. The van der Waals surface area contributed by atoms with E-state index in [4.69, 9.17) is 0 Å². The molecule has 0 aromatic heterocycles. The molecule has 29 heavy (non-hydrogen) atoms. The summed E-state index contributed by atoms with van der Waals surface area (Å²) >= 11 is 0. The van der Waals surface area contributed by atoms with E-state index in [0.717, 1.165) is 11.3 Å². The van der Waals surface area contributed by atoms with E-state index in [1.54, 1.807) is 71.0 Å². The molecule has 9 heteroatoms. The Morgan fingerprint density at radius 3 is 1.83 bits per heavy atom. The van der Waals surface area contributed by atoms with Gasteiger partial charge >= 0.3 is 0 Å². The van der Waals surface area contributed by atoms with Gasteiger partial charge in [-0.2, -0.15) is 0 Å². The van der Waals surface area contributed by atoms with Crippen LogP contribution in [0.2, 0.25) is 0 Å². The lowest BCUT2D eigenvalue weighted by atomic mass is 10.2. The average molecular weight is 440 g/mol. The molecule has 160 valence electrons. The quantitative estimate of drug-likeness (QED) is 0.584. The normalized spacial score (nSPS) is 12.8. The highest BCUT2D eigenvalue weighted by atomic mass is 32.2. The summed E-state index contributed by atoms with van der Waals surface area (Å²) in [5, 5.41) is 3.22. The van der Waals surface area contributed by atoms with Gasteiger partial charge in [0.15, 0.2) is 0 Å². The van der Waals surface area contributed by atoms with Gasteiger partial charge in [0, 0.05) is 24.0 Å². The molecule has 0 atom stereocenters. The minimum absolute atomic E-state index is 0.173. The number of nitrogens with one attached hydrogen (secondary N) is 3. The molecule has 2 aromatic rings. The van der Waals surface area contributed by atoms with Gasteiger partial charge in [-0.25, -0.2) is 21.6 Å². The first-order chi connectivity index (χ1) is 13.3. The Morgan fingerprint density at radius 2 is 1.34 bits per heavy atom. The monoisotopic (exact) mass is 439 g/mol. The Balaban J connectivity index is 1.99. The van der Waals surface area contributed by atoms with Crippen LogP contribution in [0.15, 0.2) is 53.4 Å². The first-order valence-corrected chi connectivity index (χ1v) is 12.2. The predicted molar refractivity (Wildman–Crippen MR) is 118 cm³/mol. The standard InChI is InChI=1S/C20H29N3O4S2/c1-15(2)22-28(24,25)19-12-10-17(11-13-19)21-14-16-6-8-18(9-7-16)23-29(26,27)20(3,4)5/h6-13,15,21-23H,14H2,1-5H3. The molecule has 0 bridgehead atoms. The molecule has 0 unspecified atom stereocenters. The summed E-state index contributed by atoms with van der Waals surface area (Å²) in [6, 6.07) is 13.4. The minimum atomic E-state index is -3.51. The van der Waals surface area contributed by atoms with Gasteiger partial charge in [-0.3, -0.25) is 4.72 Å². The van der Waals surface area contributed by atoms with Crippen molar-refractivity contribution in [2.24, 2.45) is 0 Å². The number of benzene rings is 2. The van der Waals surface area contributed by atoms with Gasteiger partial charge in [-0.15, -0.1) is 0 Å². The van der Waals surface area contributed by atoms with E-state index in [1.807, 2.05) is 12.1 Å². The SMILES string of the molecule is CC(C)NS(=O)(=O)c1ccc(NCc2ccc(NS(=O)(=O)C(C)(C)C)cc2)cc1. The number of sulfonamides is 2. The summed E-state index contributed by atoms with van der Waals surface area (Å²) in [5.41, 5.74) is 2.25. The largest absolute Gasteiger partial charge is 0.381 e. The van der Waals surface area contributed by atoms with E-state index in [9.17, 15) is 16.8 Å². The van der Waals surface area contributed by atoms with Crippen molar-refractivity contribution >= 4 is 31.4 Å². The van der Waals surface area contributed by atoms with Gasteiger partial charge in [-0.05, 0) is 76.6 Å². The number of rotatable bonds is 8. The third-order valence-corrected chi connectivity index (χ3v) is 7.86. The molecular formula is C20H29N3O4S2. The van der Waals surface area contributed by atoms with Crippen LogP contribution in [0.4, 0.5) is 11.4 Å². The van der Waals surface area contributed by atoms with Gasteiger partial charge < -0.3 is 5.32 Å². The van der Waals surface area contributed by atoms with E-state index in [2.05, 4.69) is 14.8 Å². The smallest absolute Gasteiger partial charge is 0.240 e. The van der Waals surface area contributed by atoms with Gasteiger partial charge in [0.05, 0.1) is 9.64 Å². The fraction of sp³-hybridized carbons (Fsp3) is 0.400. The van der Waals surface area contributed by atoms with E-state index in [1.165, 1.54) is 0 Å². The Morgan fingerprint density at radius 1 is 0.828 bits per heavy atom. The number of anilines is 2. The molecule has 0 aliphatic heterocycles. The topological polar surface area (TPSA) is 104 Å². The first-order valence-electron chi connectivity index (χ1n) is 9.28. The average Bonchev–Trinajstić information content (AvgIpc) is 2.59. The second kappa shape index (κ2) is 8.73. The third-order valence-electron chi connectivity index (χ3n) is 4.06. The Labute approximate surface area is 174 Å². The van der Waals surface area contributed by atoms with Gasteiger partial charge in [0.1, 0.15) is 0 Å². The molecule has 0 radical (unpaired) electrons. The zero-order chi connectivity index (χ0) is 21.9. The van der Waals surface area contributed by atoms with Crippen LogP contribution in [0, 0.1) is 0 Å². The van der Waals surface area contributed by atoms with Crippen LogP contribution in [0.3, 0.4) is 0 Å². The zero-order valence-electron chi connectivity index (χ0n) is 17.4. The van der Waals surface area contributed by atoms with Crippen LogP contribution in [-0.4, -0.2) is 27.6 Å². The molecule has 3 N–H and O–H groups in total. The maximum atomic E-state index is 12.2. The summed E-state index contributed by atoms with van der Waals surface area (Å²) in [5.74, 6) is 0. The molecule has 0 spiro atoms. The highest BCUT2D eigenvalue weighted by molar-refractivity contribution is 7.94. The van der Waals surface area contributed by atoms with E-state index in [-0.39, 0.29) is 10.9 Å². The second-order valence-corrected chi connectivity index (χ2v) is 12.2. The van der Waals surface area contributed by atoms with Gasteiger partial charge in [0.2, 0.25) is 20.0 Å². The third kappa shape index (κ3) is 6.45. The van der Waals surface area contributed by atoms with Crippen molar-refractivity contribution in [3.8, 4) is 0 Å². The summed E-state index contributed by atoms with van der Waals surface area (Å²) in [7, 11) is -6.97. The Kier molecular flexibility index (Phi) is 6.97. The van der Waals surface area contributed by atoms with Crippen molar-refractivity contribution in [3.05, 3.63) is 54.1 Å². The molecule has 0 fully saturated rings. The molecule has 2 aromatic carbocycles. The van der Waals surface area contributed by atoms with Crippen molar-refractivity contribution in [2.75, 3.05) is 10.0 Å². The first kappa shape index (κ1) is 23.2. The zero-order valence-corrected chi connectivity index (χ0v) is 19.0. The van der Waals surface area contributed by atoms with Crippen LogP contribution < -0.4 is 14.8 Å². The second-order valence-electron chi connectivity index (χ2n) is 8.07. The maximum Gasteiger partial charge on any atom is 0.240 e. The lowest BCUT2D eigenvalue weighted by Gasteiger charge is -2.20. The lowest BCUT2D eigenvalue weighted by Crippen LogP contribution is -2.33. The van der Waals surface area contributed by atoms with Crippen LogP contribution in [-0.2, 0) is 26.6 Å². The fourth-order valence-corrected chi connectivity index (χ4v) is 4.34. The summed E-state index contributed by atoms with van der Waals surface area (Å²) in [4.78, 5) is 0.215. The summed E-state index contributed by atoms with van der Waals surface area (Å²) in [6.07, 6.45) is 0. The van der Waals surface area contributed by atoms with Crippen LogP contribution in [0.1, 0.15) is 40.2 Å². The molecule has 0 aliphatic carbocycles. The van der Waals surface area contributed by atoms with Crippen molar-refractivity contribution in [3.63, 3.8) is 0 Å². The van der Waals surface area contributed by atoms with Crippen LogP contribution >= 0.6 is 0 Å². The van der Waals surface area contributed by atoms with E-state index < -0.39 is 24.8 Å². The Bertz CT molecular complexity index is 1020. The summed E-state index contributed by atoms with van der Waals surface area (Å²) in [6.45, 7) is 8.98. The molecule has 0 amide bonds. The highest BCUT2D eigenvalue weighted by Crippen LogP contribution is 2.20. The van der Waals surface area contributed by atoms with Crippen LogP contribution in [0.25, 0.3) is 0 Å². The van der Waals surface area contributed by atoms with Crippen molar-refractivity contribution in [1.29, 1.82) is 0 Å². The van der Waals surface area contributed by atoms with E-state index >= 15 is 0 Å². The van der Waals surface area contributed by atoms with Gasteiger partial charge in [0.25, 0.3) is 0 Å². The Hall–Kier alpha value is -2.10. The molecule has 0 saturated heterocycles. The molecule has 0 aliphatic rings. The predicted octanol–water partition coefficient (Wildman–Crippen LogP) is 3.53. The van der Waals surface area contributed by atoms with E-state index in [0.29, 0.717) is 12.2 Å². The molecule has 0 heterocycles. The van der Waals surface area contributed by atoms with Crippen molar-refractivity contribution in [2.45, 2.75) is 56.8 Å². The maximum absolute atomic E-state index is 12.2. The molecule has 2 rings (SSSR count). The van der Waals surface area contributed by atoms with Crippen LogP contribution in [0.5, 0.6) is 0 Å². The molecule has 7 nitrogen and oxygen atoms in total. The van der Waals surface area contributed by atoms with Crippen molar-refractivity contribution < 1.29 is 16.8 Å². The van der Waals surface area contributed by atoms with Crippen molar-refractivity contribution in [1.82, 2.24) is 4.72 Å².